The van der Waals surface area contributed by atoms with Gasteiger partial charge < -0.3 is 4.74 Å². The number of hydrogen-bond donors (Lipinski definition) is 2. The minimum absolute atomic E-state index is 0.0575. The number of nitrogens with zero attached hydrogens (tertiary/aromatic N) is 2. The van der Waals surface area contributed by atoms with Crippen molar-refractivity contribution in [3.63, 3.8) is 0 Å². The zero-order valence-electron chi connectivity index (χ0n) is 18.3. The van der Waals surface area contributed by atoms with Crippen LogP contribution in [0.1, 0.15) is 30.1 Å². The Hall–Kier alpha value is -3.33. The topological polar surface area (TPSA) is 84.7 Å². The third kappa shape index (κ3) is 3.86. The molecular formula is C25H24N4O3S. The number of carbonyl (C=O) groups is 1. The van der Waals surface area contributed by atoms with Gasteiger partial charge in [-0.15, -0.1) is 0 Å². The number of carbonyl (C=O) groups excluding carboxylic acids is 1. The van der Waals surface area contributed by atoms with E-state index in [0.717, 1.165) is 11.1 Å². The minimum Gasteiger partial charge on any atom is -0.466 e. The summed E-state index contributed by atoms with van der Waals surface area (Å²) in [6, 6.07) is 19.2. The molecule has 7 nitrogen and oxygen atoms in total. The van der Waals surface area contributed by atoms with Crippen molar-refractivity contribution in [2.75, 3.05) is 13.7 Å². The lowest BCUT2D eigenvalue weighted by molar-refractivity contribution is -0.136. The maximum Gasteiger partial charge on any atom is 0.338 e. The van der Waals surface area contributed by atoms with Gasteiger partial charge in [-0.3, -0.25) is 14.8 Å². The molecule has 1 aromatic heterocycles. The summed E-state index contributed by atoms with van der Waals surface area (Å²) in [5, 5.41) is 0. The number of thiazole rings is 1. The Morgan fingerprint density at radius 1 is 1.12 bits per heavy atom. The number of benzene rings is 2. The maximum absolute atomic E-state index is 13.7. The van der Waals surface area contributed by atoms with Crippen LogP contribution in [0.3, 0.4) is 0 Å². The molecule has 1 saturated heterocycles. The summed E-state index contributed by atoms with van der Waals surface area (Å²) in [6.45, 7) is 2.49. The lowest BCUT2D eigenvalue weighted by Gasteiger charge is -2.24. The summed E-state index contributed by atoms with van der Waals surface area (Å²) in [5.74, 6) is -0.391. The molecule has 2 aliphatic rings. The molecule has 0 aliphatic carbocycles. The van der Waals surface area contributed by atoms with E-state index in [1.54, 1.807) is 11.5 Å². The van der Waals surface area contributed by atoms with Crippen molar-refractivity contribution < 1.29 is 9.53 Å². The first kappa shape index (κ1) is 21.5. The van der Waals surface area contributed by atoms with Crippen LogP contribution in [0.5, 0.6) is 0 Å². The van der Waals surface area contributed by atoms with Crippen molar-refractivity contribution >= 4 is 23.4 Å². The third-order valence-corrected chi connectivity index (χ3v) is 7.09. The fourth-order valence-electron chi connectivity index (χ4n) is 4.51. The predicted octanol–water partition coefficient (Wildman–Crippen LogP) is 1.83. The van der Waals surface area contributed by atoms with Crippen molar-refractivity contribution in [2.24, 2.45) is 10.9 Å². The number of allylic oxidation sites excluding steroid dienone is 1. The average Bonchev–Trinajstić information content (AvgIpc) is 3.43. The standard InChI is InChI=1S/C25H24N4O3S/c1-15-20(24(31)32-2)22(17-11-7-4-8-12-17)29-23(30)19(33-25(29)27-15)13-18-14-26-28-21(18)16-9-5-3-6-10-16/h3-13,18,21-22,26,28H,14H2,1-2H3/b19-13-. The normalized spacial score (nSPS) is 22.7. The van der Waals surface area contributed by atoms with E-state index in [1.807, 2.05) is 54.6 Å². The number of rotatable bonds is 4. The summed E-state index contributed by atoms with van der Waals surface area (Å²) in [5.41, 5.74) is 9.32. The molecule has 3 aromatic rings. The van der Waals surface area contributed by atoms with Gasteiger partial charge in [0.25, 0.3) is 5.56 Å². The Labute approximate surface area is 194 Å². The molecule has 1 fully saturated rings. The van der Waals surface area contributed by atoms with Gasteiger partial charge in [-0.25, -0.2) is 15.2 Å². The van der Waals surface area contributed by atoms with E-state index in [1.165, 1.54) is 18.4 Å². The van der Waals surface area contributed by atoms with Crippen LogP contribution in [0, 0.1) is 5.92 Å². The van der Waals surface area contributed by atoms with Crippen molar-refractivity contribution in [3.8, 4) is 0 Å². The number of aromatic nitrogens is 1. The fraction of sp³-hybridized carbons (Fsp3) is 0.240. The summed E-state index contributed by atoms with van der Waals surface area (Å²) in [7, 11) is 1.35. The lowest BCUT2D eigenvalue weighted by atomic mass is 9.94. The molecule has 33 heavy (non-hydrogen) atoms. The Morgan fingerprint density at radius 2 is 1.79 bits per heavy atom. The summed E-state index contributed by atoms with van der Waals surface area (Å²) in [6.07, 6.45) is 2.02. The molecule has 3 unspecified atom stereocenters. The summed E-state index contributed by atoms with van der Waals surface area (Å²) >= 11 is 1.36. The van der Waals surface area contributed by atoms with E-state index in [0.29, 0.717) is 27.1 Å². The highest BCUT2D eigenvalue weighted by Crippen LogP contribution is 2.30. The molecule has 0 radical (unpaired) electrons. The molecule has 5 rings (SSSR count). The first-order valence-electron chi connectivity index (χ1n) is 10.8. The zero-order valence-corrected chi connectivity index (χ0v) is 19.1. The van der Waals surface area contributed by atoms with Gasteiger partial charge in [0.15, 0.2) is 4.80 Å². The number of nitrogens with one attached hydrogen (secondary N) is 2. The van der Waals surface area contributed by atoms with Crippen molar-refractivity contribution in [1.29, 1.82) is 0 Å². The van der Waals surface area contributed by atoms with Gasteiger partial charge in [0.1, 0.15) is 0 Å². The summed E-state index contributed by atoms with van der Waals surface area (Å²) < 4.78 is 7.29. The second-order valence-electron chi connectivity index (χ2n) is 8.08. The molecule has 8 heteroatoms. The Balaban J connectivity index is 1.65. The molecule has 2 N–H and O–H groups in total. The van der Waals surface area contributed by atoms with Gasteiger partial charge in [-0.2, -0.15) is 0 Å². The second kappa shape index (κ2) is 8.90. The van der Waals surface area contributed by atoms with Crippen LogP contribution in [-0.4, -0.2) is 24.2 Å². The molecule has 0 saturated carbocycles. The van der Waals surface area contributed by atoms with Gasteiger partial charge in [-0.05, 0) is 18.1 Å². The van der Waals surface area contributed by atoms with Crippen molar-refractivity contribution in [2.45, 2.75) is 19.0 Å². The molecular weight excluding hydrogens is 436 g/mol. The monoisotopic (exact) mass is 460 g/mol. The van der Waals surface area contributed by atoms with Gasteiger partial charge in [0.05, 0.1) is 35.0 Å². The van der Waals surface area contributed by atoms with Crippen LogP contribution in [0.15, 0.2) is 81.7 Å². The Bertz CT molecular complexity index is 1390. The molecule has 168 valence electrons. The summed E-state index contributed by atoms with van der Waals surface area (Å²) in [4.78, 5) is 31.5. The Kier molecular flexibility index (Phi) is 5.80. The maximum atomic E-state index is 13.7. The highest BCUT2D eigenvalue weighted by Gasteiger charge is 2.33. The third-order valence-electron chi connectivity index (χ3n) is 6.09. The lowest BCUT2D eigenvalue weighted by Crippen LogP contribution is -2.40. The average molecular weight is 461 g/mol. The van der Waals surface area contributed by atoms with Crippen molar-refractivity contribution in [3.05, 3.63) is 103 Å². The number of methoxy groups -OCH3 is 1. The van der Waals surface area contributed by atoms with Crippen LogP contribution in [-0.2, 0) is 9.53 Å². The number of fused-ring (bicyclic) bond motifs is 1. The molecule has 3 atom stereocenters. The molecule has 2 aromatic carbocycles. The molecule has 3 heterocycles. The second-order valence-corrected chi connectivity index (χ2v) is 9.09. The van der Waals surface area contributed by atoms with Gasteiger partial charge in [0.2, 0.25) is 0 Å². The van der Waals surface area contributed by atoms with Gasteiger partial charge in [-0.1, -0.05) is 78.1 Å². The SMILES string of the molecule is COC(=O)C1=C(C)N=c2s/c(=C\C3CNNC3c3ccccc3)c(=O)n2C1c1ccccc1. The fourth-order valence-corrected chi connectivity index (χ4v) is 5.60. The predicted molar refractivity (Wildman–Crippen MR) is 127 cm³/mol. The first-order valence-corrected chi connectivity index (χ1v) is 11.6. The minimum atomic E-state index is -0.582. The zero-order chi connectivity index (χ0) is 22.9. The highest BCUT2D eigenvalue weighted by molar-refractivity contribution is 7.07. The number of hydrogen-bond acceptors (Lipinski definition) is 7. The van der Waals surface area contributed by atoms with Crippen LogP contribution < -0.4 is 25.7 Å². The van der Waals surface area contributed by atoms with Gasteiger partial charge >= 0.3 is 5.97 Å². The molecule has 2 aliphatic heterocycles. The smallest absolute Gasteiger partial charge is 0.338 e. The largest absolute Gasteiger partial charge is 0.466 e. The van der Waals surface area contributed by atoms with E-state index in [9.17, 15) is 9.59 Å². The van der Waals surface area contributed by atoms with Gasteiger partial charge in [0, 0.05) is 12.5 Å². The van der Waals surface area contributed by atoms with Crippen LogP contribution in [0.25, 0.3) is 6.08 Å². The molecule has 0 amide bonds. The van der Waals surface area contributed by atoms with E-state index in [4.69, 9.17) is 4.74 Å². The molecule has 0 bridgehead atoms. The Morgan fingerprint density at radius 3 is 2.45 bits per heavy atom. The number of ether oxygens (including phenoxy) is 1. The van der Waals surface area contributed by atoms with E-state index >= 15 is 0 Å². The van der Waals surface area contributed by atoms with Crippen LogP contribution >= 0.6 is 11.3 Å². The van der Waals surface area contributed by atoms with Crippen LogP contribution in [0.2, 0.25) is 0 Å². The van der Waals surface area contributed by atoms with E-state index < -0.39 is 12.0 Å². The highest BCUT2D eigenvalue weighted by atomic mass is 32.1. The van der Waals surface area contributed by atoms with E-state index in [-0.39, 0.29) is 17.5 Å². The van der Waals surface area contributed by atoms with E-state index in [2.05, 4.69) is 28.0 Å². The number of hydrazine groups is 1. The van der Waals surface area contributed by atoms with Crippen LogP contribution in [0.4, 0.5) is 0 Å². The van der Waals surface area contributed by atoms with Crippen molar-refractivity contribution in [1.82, 2.24) is 15.4 Å². The first-order chi connectivity index (χ1) is 16.1. The molecule has 0 spiro atoms. The number of esters is 1. The quantitative estimate of drug-likeness (QED) is 0.581.